The van der Waals surface area contributed by atoms with E-state index in [4.69, 9.17) is 16.3 Å². The summed E-state index contributed by atoms with van der Waals surface area (Å²) in [6.07, 6.45) is 4.81. The van der Waals surface area contributed by atoms with Gasteiger partial charge in [-0.1, -0.05) is 11.6 Å². The van der Waals surface area contributed by atoms with Crippen molar-refractivity contribution in [3.8, 4) is 0 Å². The van der Waals surface area contributed by atoms with Gasteiger partial charge in [-0.2, -0.15) is 0 Å². The highest BCUT2D eigenvalue weighted by Crippen LogP contribution is 2.56. The predicted molar refractivity (Wildman–Crippen MR) is 96.1 cm³/mol. The molecule has 0 spiro atoms. The molecular formula is C20H23ClFNO3. The fraction of sp³-hybridized carbons (Fsp3) is 0.600. The average molecular weight is 380 g/mol. The van der Waals surface area contributed by atoms with Crippen LogP contribution in [0.25, 0.3) is 0 Å². The Bertz CT molecular complexity index is 710. The number of benzene rings is 1. The zero-order chi connectivity index (χ0) is 18.4. The molecule has 1 aromatic carbocycles. The van der Waals surface area contributed by atoms with Crippen molar-refractivity contribution in [3.63, 3.8) is 0 Å². The van der Waals surface area contributed by atoms with Crippen LogP contribution in [0.2, 0.25) is 5.02 Å². The molecule has 5 rings (SSSR count). The second-order valence-corrected chi connectivity index (χ2v) is 8.59. The molecule has 26 heavy (non-hydrogen) atoms. The molecule has 0 aliphatic heterocycles. The first-order valence-electron chi connectivity index (χ1n) is 9.37. The Labute approximate surface area is 157 Å². The van der Waals surface area contributed by atoms with Crippen molar-refractivity contribution in [1.82, 2.24) is 0 Å². The Kier molecular flexibility index (Phi) is 4.68. The highest BCUT2D eigenvalue weighted by molar-refractivity contribution is 6.30. The van der Waals surface area contributed by atoms with Crippen LogP contribution in [0.15, 0.2) is 18.2 Å². The van der Waals surface area contributed by atoms with E-state index < -0.39 is 17.8 Å². The summed E-state index contributed by atoms with van der Waals surface area (Å²) in [6, 6.07) is 4.01. The number of ether oxygens (including phenoxy) is 1. The molecule has 4 nitrogen and oxygen atoms in total. The Morgan fingerprint density at radius 1 is 1.15 bits per heavy atom. The number of amides is 1. The first kappa shape index (κ1) is 17.8. The zero-order valence-electron chi connectivity index (χ0n) is 14.7. The van der Waals surface area contributed by atoms with E-state index in [0.717, 1.165) is 43.6 Å². The number of hydrogen-bond donors (Lipinski definition) is 1. The lowest BCUT2D eigenvalue weighted by Crippen LogP contribution is -2.49. The van der Waals surface area contributed by atoms with Crippen molar-refractivity contribution < 1.29 is 18.7 Å². The van der Waals surface area contributed by atoms with Gasteiger partial charge in [0.2, 0.25) is 0 Å². The van der Waals surface area contributed by atoms with Crippen molar-refractivity contribution in [2.24, 2.45) is 29.6 Å². The largest absolute Gasteiger partial charge is 0.452 e. The summed E-state index contributed by atoms with van der Waals surface area (Å²) >= 11 is 5.71. The van der Waals surface area contributed by atoms with Gasteiger partial charge in [-0.25, -0.2) is 4.39 Å². The second kappa shape index (κ2) is 6.84. The summed E-state index contributed by atoms with van der Waals surface area (Å²) < 4.78 is 19.3. The topological polar surface area (TPSA) is 55.4 Å². The minimum atomic E-state index is -0.963. The van der Waals surface area contributed by atoms with Crippen LogP contribution in [-0.4, -0.2) is 18.0 Å². The lowest BCUT2D eigenvalue weighted by molar-refractivity contribution is -0.169. The molecule has 0 saturated heterocycles. The number of hydrogen-bond acceptors (Lipinski definition) is 3. The van der Waals surface area contributed by atoms with Crippen LogP contribution in [0, 0.1) is 35.4 Å². The van der Waals surface area contributed by atoms with Crippen molar-refractivity contribution in [1.29, 1.82) is 0 Å². The lowest BCUT2D eigenvalue weighted by atomic mass is 9.52. The monoisotopic (exact) mass is 379 g/mol. The highest BCUT2D eigenvalue weighted by atomic mass is 35.5. The minimum absolute atomic E-state index is 0.0249. The van der Waals surface area contributed by atoms with Gasteiger partial charge in [-0.05, 0) is 80.9 Å². The molecule has 1 atom stereocenters. The summed E-state index contributed by atoms with van der Waals surface area (Å²) in [7, 11) is 0. The summed E-state index contributed by atoms with van der Waals surface area (Å²) in [5.41, 5.74) is 0.0249. The van der Waals surface area contributed by atoms with E-state index in [-0.39, 0.29) is 22.6 Å². The Balaban J connectivity index is 1.37. The van der Waals surface area contributed by atoms with Crippen molar-refractivity contribution in [2.75, 3.05) is 5.32 Å². The normalized spacial score (nSPS) is 33.0. The van der Waals surface area contributed by atoms with Gasteiger partial charge in [0.1, 0.15) is 5.82 Å². The van der Waals surface area contributed by atoms with Crippen LogP contribution < -0.4 is 5.32 Å². The van der Waals surface area contributed by atoms with Crippen LogP contribution in [0.4, 0.5) is 10.1 Å². The molecule has 0 heterocycles. The van der Waals surface area contributed by atoms with E-state index in [1.165, 1.54) is 25.5 Å². The predicted octanol–water partition coefficient (Wildman–Crippen LogP) is 4.42. The Morgan fingerprint density at radius 2 is 1.77 bits per heavy atom. The molecule has 4 aliphatic rings. The van der Waals surface area contributed by atoms with Gasteiger partial charge in [0.25, 0.3) is 5.91 Å². The lowest BCUT2D eigenvalue weighted by Gasteiger charge is -2.53. The summed E-state index contributed by atoms with van der Waals surface area (Å²) in [6.45, 7) is 1.52. The molecule has 4 saturated carbocycles. The molecule has 140 valence electrons. The molecule has 1 amide bonds. The van der Waals surface area contributed by atoms with Gasteiger partial charge in [0.05, 0.1) is 11.6 Å². The second-order valence-electron chi connectivity index (χ2n) is 8.15. The van der Waals surface area contributed by atoms with Crippen LogP contribution >= 0.6 is 11.6 Å². The maximum absolute atomic E-state index is 13.8. The van der Waals surface area contributed by atoms with Gasteiger partial charge in [0, 0.05) is 5.02 Å². The fourth-order valence-electron chi connectivity index (χ4n) is 5.44. The third kappa shape index (κ3) is 3.34. The minimum Gasteiger partial charge on any atom is -0.452 e. The average Bonchev–Trinajstić information content (AvgIpc) is 2.56. The van der Waals surface area contributed by atoms with Crippen molar-refractivity contribution in [2.45, 2.75) is 45.1 Å². The number of halogens is 2. The first-order chi connectivity index (χ1) is 12.4. The SMILES string of the molecule is CC(OC(=O)C1C2CC3CC(C2)CC1C3)C(=O)Nc1ccc(Cl)cc1F. The van der Waals surface area contributed by atoms with Gasteiger partial charge in [-0.3, -0.25) is 9.59 Å². The molecule has 4 bridgehead atoms. The van der Waals surface area contributed by atoms with E-state index in [2.05, 4.69) is 5.32 Å². The summed E-state index contributed by atoms with van der Waals surface area (Å²) in [5, 5.41) is 2.71. The maximum atomic E-state index is 13.8. The zero-order valence-corrected chi connectivity index (χ0v) is 15.5. The van der Waals surface area contributed by atoms with E-state index in [0.29, 0.717) is 11.8 Å². The molecule has 0 aromatic heterocycles. The number of carbonyl (C=O) groups is 2. The number of anilines is 1. The quantitative estimate of drug-likeness (QED) is 0.788. The molecule has 4 fully saturated rings. The van der Waals surface area contributed by atoms with Crippen LogP contribution in [0.1, 0.15) is 39.0 Å². The molecule has 1 aromatic rings. The fourth-order valence-corrected chi connectivity index (χ4v) is 5.60. The number of carbonyl (C=O) groups excluding carboxylic acids is 2. The van der Waals surface area contributed by atoms with Gasteiger partial charge in [-0.15, -0.1) is 0 Å². The Hall–Kier alpha value is -1.62. The molecule has 4 aliphatic carbocycles. The molecule has 1 N–H and O–H groups in total. The smallest absolute Gasteiger partial charge is 0.310 e. The summed E-state index contributed by atoms with van der Waals surface area (Å²) in [4.78, 5) is 25.0. The highest BCUT2D eigenvalue weighted by Gasteiger charge is 2.51. The summed E-state index contributed by atoms with van der Waals surface area (Å²) in [5.74, 6) is 0.855. The van der Waals surface area contributed by atoms with E-state index in [9.17, 15) is 14.0 Å². The standard InChI is InChI=1S/C20H23ClFNO3/c1-10(19(24)23-17-3-2-15(21)9-16(17)22)26-20(25)18-13-5-11-4-12(7-13)8-14(18)6-11/h2-3,9-14,18H,4-8H2,1H3,(H,23,24). The van der Waals surface area contributed by atoms with Gasteiger partial charge < -0.3 is 10.1 Å². The number of rotatable bonds is 4. The van der Waals surface area contributed by atoms with Crippen LogP contribution in [-0.2, 0) is 14.3 Å². The maximum Gasteiger partial charge on any atom is 0.310 e. The molecular weight excluding hydrogens is 357 g/mol. The van der Waals surface area contributed by atoms with Gasteiger partial charge in [0.15, 0.2) is 6.10 Å². The molecule has 1 unspecified atom stereocenters. The molecule has 0 radical (unpaired) electrons. The first-order valence-corrected chi connectivity index (χ1v) is 9.75. The van der Waals surface area contributed by atoms with Crippen LogP contribution in [0.5, 0.6) is 0 Å². The van der Waals surface area contributed by atoms with E-state index in [1.54, 1.807) is 0 Å². The third-order valence-corrected chi connectivity index (χ3v) is 6.59. The van der Waals surface area contributed by atoms with E-state index >= 15 is 0 Å². The Morgan fingerprint density at radius 3 is 2.35 bits per heavy atom. The van der Waals surface area contributed by atoms with Crippen molar-refractivity contribution >= 4 is 29.2 Å². The van der Waals surface area contributed by atoms with E-state index in [1.807, 2.05) is 0 Å². The van der Waals surface area contributed by atoms with Crippen LogP contribution in [0.3, 0.4) is 0 Å². The number of esters is 1. The molecule has 6 heteroatoms. The third-order valence-electron chi connectivity index (χ3n) is 6.35. The van der Waals surface area contributed by atoms with Gasteiger partial charge >= 0.3 is 5.97 Å². The van der Waals surface area contributed by atoms with Crippen molar-refractivity contribution in [3.05, 3.63) is 29.0 Å². The number of nitrogens with one attached hydrogen (secondary N) is 1.